The van der Waals surface area contributed by atoms with Crippen molar-refractivity contribution in [2.75, 3.05) is 19.8 Å². The number of aliphatic hydroxyl groups excluding tert-OH is 5. The Morgan fingerprint density at radius 3 is 2.44 bits per heavy atom. The lowest BCUT2D eigenvalue weighted by Crippen LogP contribution is -2.35. The van der Waals surface area contributed by atoms with Crippen molar-refractivity contribution in [3.8, 4) is 0 Å². The molecule has 0 spiro atoms. The van der Waals surface area contributed by atoms with E-state index in [-0.39, 0.29) is 44.0 Å². The molecular formula is C29H46O7. The second-order valence-corrected chi connectivity index (χ2v) is 10.4. The zero-order valence-corrected chi connectivity index (χ0v) is 21.7. The molecule has 1 unspecified atom stereocenters. The Hall–Kier alpha value is -1.77. The highest BCUT2D eigenvalue weighted by molar-refractivity contribution is 5.69. The van der Waals surface area contributed by atoms with Gasteiger partial charge in [-0.1, -0.05) is 49.4 Å². The van der Waals surface area contributed by atoms with E-state index in [1.807, 2.05) is 37.3 Å². The molecule has 0 radical (unpaired) electrons. The number of aliphatic hydroxyl groups is 5. The summed E-state index contributed by atoms with van der Waals surface area (Å²) in [4.78, 5) is 12.0. The van der Waals surface area contributed by atoms with Gasteiger partial charge in [0.2, 0.25) is 0 Å². The normalized spacial score (nSPS) is 23.3. The number of carbonyl (C=O) groups excluding carboxylic acids is 1. The van der Waals surface area contributed by atoms with Crippen molar-refractivity contribution in [2.45, 2.75) is 89.4 Å². The molecule has 5 atom stereocenters. The third-order valence-corrected chi connectivity index (χ3v) is 7.75. The van der Waals surface area contributed by atoms with Gasteiger partial charge in [-0.15, -0.1) is 0 Å². The van der Waals surface area contributed by atoms with Gasteiger partial charge in [0, 0.05) is 6.42 Å². The second-order valence-electron chi connectivity index (χ2n) is 10.4. The van der Waals surface area contributed by atoms with E-state index < -0.39 is 23.7 Å². The minimum atomic E-state index is -0.781. The molecule has 1 aliphatic rings. The first-order chi connectivity index (χ1) is 17.3. The lowest BCUT2D eigenvalue weighted by molar-refractivity contribution is -0.149. The van der Waals surface area contributed by atoms with Crippen molar-refractivity contribution >= 4 is 5.97 Å². The monoisotopic (exact) mass is 506 g/mol. The fourth-order valence-electron chi connectivity index (χ4n) is 4.92. The molecule has 0 bridgehead atoms. The fraction of sp³-hybridized carbons (Fsp3) is 0.690. The van der Waals surface area contributed by atoms with E-state index in [0.29, 0.717) is 51.4 Å². The van der Waals surface area contributed by atoms with Gasteiger partial charge in [-0.2, -0.15) is 0 Å². The van der Waals surface area contributed by atoms with E-state index in [1.165, 1.54) is 5.56 Å². The zero-order valence-electron chi connectivity index (χ0n) is 21.7. The van der Waals surface area contributed by atoms with Crippen LogP contribution < -0.4 is 0 Å². The van der Waals surface area contributed by atoms with E-state index >= 15 is 0 Å². The van der Waals surface area contributed by atoms with Gasteiger partial charge in [-0.25, -0.2) is 0 Å². The molecule has 0 aliphatic heterocycles. The number of rotatable bonds is 17. The molecule has 0 saturated heterocycles. The van der Waals surface area contributed by atoms with Gasteiger partial charge in [-0.3, -0.25) is 4.79 Å². The molecular weight excluding hydrogens is 460 g/mol. The molecule has 1 saturated carbocycles. The fourth-order valence-corrected chi connectivity index (χ4v) is 4.92. The average Bonchev–Trinajstić information content (AvgIpc) is 3.16. The third kappa shape index (κ3) is 9.94. The van der Waals surface area contributed by atoms with Crippen LogP contribution in [-0.4, -0.2) is 69.6 Å². The molecule has 0 aromatic heterocycles. The van der Waals surface area contributed by atoms with E-state index in [2.05, 4.69) is 12.1 Å². The second kappa shape index (κ2) is 16.2. The van der Waals surface area contributed by atoms with Crippen molar-refractivity contribution in [1.29, 1.82) is 0 Å². The van der Waals surface area contributed by atoms with Crippen LogP contribution in [0.15, 0.2) is 42.5 Å². The number of aryl methyl sites for hydroxylation is 1. The first kappa shape index (κ1) is 30.5. The van der Waals surface area contributed by atoms with E-state index in [1.54, 1.807) is 0 Å². The summed E-state index contributed by atoms with van der Waals surface area (Å²) in [5, 5.41) is 50.2. The van der Waals surface area contributed by atoms with Crippen LogP contribution in [0, 0.1) is 17.3 Å². The maximum atomic E-state index is 12.0. The SMILES string of the molecule is CCC(CO)(CO)COC(=O)CCC/C=C/C[C@@H]1[C@@H](CCC(O)CCc2ccccc2)[C@H](O)C[C@@H]1O. The first-order valence-electron chi connectivity index (χ1n) is 13.4. The number of carbonyl (C=O) groups is 1. The number of hydrogen-bond donors (Lipinski definition) is 5. The molecule has 1 aromatic carbocycles. The van der Waals surface area contributed by atoms with Gasteiger partial charge >= 0.3 is 5.97 Å². The predicted octanol–water partition coefficient (Wildman–Crippen LogP) is 3.16. The summed E-state index contributed by atoms with van der Waals surface area (Å²) in [6, 6.07) is 10.1. The summed E-state index contributed by atoms with van der Waals surface area (Å²) >= 11 is 0. The Kier molecular flexibility index (Phi) is 13.7. The molecule has 1 aliphatic carbocycles. The predicted molar refractivity (Wildman–Crippen MR) is 139 cm³/mol. The molecule has 1 fully saturated rings. The molecule has 36 heavy (non-hydrogen) atoms. The average molecular weight is 507 g/mol. The minimum Gasteiger partial charge on any atom is -0.465 e. The summed E-state index contributed by atoms with van der Waals surface area (Å²) < 4.78 is 5.23. The smallest absolute Gasteiger partial charge is 0.305 e. The van der Waals surface area contributed by atoms with Gasteiger partial charge in [0.25, 0.3) is 0 Å². The molecule has 204 valence electrons. The summed E-state index contributed by atoms with van der Waals surface area (Å²) in [7, 11) is 0. The topological polar surface area (TPSA) is 127 Å². The van der Waals surface area contributed by atoms with Crippen LogP contribution in [0.2, 0.25) is 0 Å². The standard InChI is InChI=1S/C29H46O7/c1-2-29(19-30,20-31)21-36-28(35)13-9-4-3-8-12-24-25(27(34)18-26(24)33)17-16-23(32)15-14-22-10-6-5-7-11-22/h3,5-8,10-11,23-27,30-34H,2,4,9,12-21H2,1H3/b8-3+/t23?,24-,25-,26+,27-/m1/s1. The Bertz CT molecular complexity index is 754. The molecule has 2 rings (SSSR count). The number of benzene rings is 1. The van der Waals surface area contributed by atoms with E-state index in [9.17, 15) is 30.3 Å². The van der Waals surface area contributed by atoms with Crippen molar-refractivity contribution in [1.82, 2.24) is 0 Å². The molecule has 7 heteroatoms. The summed E-state index contributed by atoms with van der Waals surface area (Å²) in [6.45, 7) is 1.39. The number of hydrogen-bond acceptors (Lipinski definition) is 7. The molecule has 1 aromatic rings. The third-order valence-electron chi connectivity index (χ3n) is 7.75. The van der Waals surface area contributed by atoms with Crippen molar-refractivity contribution in [2.24, 2.45) is 17.3 Å². The van der Waals surface area contributed by atoms with Crippen molar-refractivity contribution in [3.63, 3.8) is 0 Å². The molecule has 7 nitrogen and oxygen atoms in total. The zero-order chi connectivity index (χ0) is 26.4. The first-order valence-corrected chi connectivity index (χ1v) is 13.4. The highest BCUT2D eigenvalue weighted by Crippen LogP contribution is 2.38. The number of allylic oxidation sites excluding steroid dienone is 2. The maximum absolute atomic E-state index is 12.0. The lowest BCUT2D eigenvalue weighted by Gasteiger charge is -2.27. The maximum Gasteiger partial charge on any atom is 0.305 e. The number of unbranched alkanes of at least 4 members (excludes halogenated alkanes) is 1. The minimum absolute atomic E-state index is 0.00933. The molecule has 0 heterocycles. The van der Waals surface area contributed by atoms with Crippen LogP contribution in [-0.2, 0) is 16.0 Å². The summed E-state index contributed by atoms with van der Waals surface area (Å²) in [6.07, 6.45) is 8.38. The van der Waals surface area contributed by atoms with Crippen molar-refractivity contribution in [3.05, 3.63) is 48.0 Å². The van der Waals surface area contributed by atoms with Gasteiger partial charge in [-0.05, 0) is 75.2 Å². The van der Waals surface area contributed by atoms with Crippen LogP contribution in [0.5, 0.6) is 0 Å². The van der Waals surface area contributed by atoms with E-state index in [4.69, 9.17) is 4.74 Å². The van der Waals surface area contributed by atoms with Crippen LogP contribution in [0.1, 0.15) is 70.3 Å². The van der Waals surface area contributed by atoms with Crippen LogP contribution >= 0.6 is 0 Å². The van der Waals surface area contributed by atoms with Gasteiger partial charge in [0.15, 0.2) is 0 Å². The highest BCUT2D eigenvalue weighted by Gasteiger charge is 2.40. The largest absolute Gasteiger partial charge is 0.465 e. The van der Waals surface area contributed by atoms with Gasteiger partial charge in [0.1, 0.15) is 6.61 Å². The Morgan fingerprint density at radius 2 is 1.78 bits per heavy atom. The summed E-state index contributed by atoms with van der Waals surface area (Å²) in [5.41, 5.74) is 0.421. The Labute approximate surface area is 215 Å². The summed E-state index contributed by atoms with van der Waals surface area (Å²) in [5.74, 6) is -0.423. The Balaban J connectivity index is 1.68. The van der Waals surface area contributed by atoms with Gasteiger partial charge in [0.05, 0.1) is 36.9 Å². The van der Waals surface area contributed by atoms with Crippen LogP contribution in [0.4, 0.5) is 0 Å². The van der Waals surface area contributed by atoms with Gasteiger partial charge < -0.3 is 30.3 Å². The highest BCUT2D eigenvalue weighted by atomic mass is 16.5. The Morgan fingerprint density at radius 1 is 1.08 bits per heavy atom. The molecule has 0 amide bonds. The molecule has 5 N–H and O–H groups in total. The quantitative estimate of drug-likeness (QED) is 0.125. The number of ether oxygens (including phenoxy) is 1. The van der Waals surface area contributed by atoms with E-state index in [0.717, 1.165) is 6.42 Å². The van der Waals surface area contributed by atoms with Crippen molar-refractivity contribution < 1.29 is 35.1 Å². The van der Waals surface area contributed by atoms with Crippen LogP contribution in [0.25, 0.3) is 0 Å². The van der Waals surface area contributed by atoms with Crippen LogP contribution in [0.3, 0.4) is 0 Å². The number of esters is 1. The lowest BCUT2D eigenvalue weighted by atomic mass is 9.85.